The first-order chi connectivity index (χ1) is 8.33. The lowest BCUT2D eigenvalue weighted by molar-refractivity contribution is -0.145. The molecule has 1 rings (SSSR count). The number of carbonyl (C=O) groups is 2. The number of aliphatic carboxylic acids is 2. The van der Waals surface area contributed by atoms with Crippen LogP contribution in [0.4, 0.5) is 0 Å². The van der Waals surface area contributed by atoms with Crippen LogP contribution in [0.5, 0.6) is 0 Å². The summed E-state index contributed by atoms with van der Waals surface area (Å²) in [6.45, 7) is 0. The molecule has 1 atom stereocenters. The van der Waals surface area contributed by atoms with Gasteiger partial charge in [-0.2, -0.15) is 4.72 Å². The van der Waals surface area contributed by atoms with Gasteiger partial charge in [-0.3, -0.25) is 14.6 Å². The molecule has 3 N–H and O–H groups in total. The Hall–Kier alpha value is -2.00. The van der Waals surface area contributed by atoms with Crippen molar-refractivity contribution in [1.29, 1.82) is 0 Å². The van der Waals surface area contributed by atoms with Crippen molar-refractivity contribution in [3.63, 3.8) is 0 Å². The van der Waals surface area contributed by atoms with Gasteiger partial charge in [0.1, 0.15) is 10.9 Å². The average molecular weight is 274 g/mol. The van der Waals surface area contributed by atoms with E-state index in [1.165, 1.54) is 18.3 Å². The maximum Gasteiger partial charge on any atom is 0.322 e. The molecule has 8 nitrogen and oxygen atoms in total. The molecule has 1 aromatic rings. The third kappa shape index (κ3) is 3.79. The SMILES string of the molecule is O=C(O)C[C@@H](NS(=O)(=O)c1cccnc1)C(=O)O. The number of nitrogens with zero attached hydrogens (tertiary/aromatic N) is 1. The summed E-state index contributed by atoms with van der Waals surface area (Å²) in [5.74, 6) is -2.99. The van der Waals surface area contributed by atoms with Gasteiger partial charge in [-0.05, 0) is 12.1 Å². The van der Waals surface area contributed by atoms with Crippen LogP contribution in [0.3, 0.4) is 0 Å². The van der Waals surface area contributed by atoms with Crippen molar-refractivity contribution in [1.82, 2.24) is 9.71 Å². The van der Waals surface area contributed by atoms with Crippen LogP contribution >= 0.6 is 0 Å². The smallest absolute Gasteiger partial charge is 0.322 e. The van der Waals surface area contributed by atoms with Gasteiger partial charge in [0.15, 0.2) is 0 Å². The summed E-state index contributed by atoms with van der Waals surface area (Å²) in [5, 5.41) is 17.2. The van der Waals surface area contributed by atoms with Crippen molar-refractivity contribution in [3.05, 3.63) is 24.5 Å². The van der Waals surface area contributed by atoms with Gasteiger partial charge >= 0.3 is 11.9 Å². The van der Waals surface area contributed by atoms with Crippen LogP contribution in [-0.2, 0) is 19.6 Å². The van der Waals surface area contributed by atoms with E-state index in [0.29, 0.717) is 0 Å². The number of pyridine rings is 1. The van der Waals surface area contributed by atoms with Crippen molar-refractivity contribution in [2.24, 2.45) is 0 Å². The molecule has 9 heteroatoms. The molecule has 0 aliphatic carbocycles. The van der Waals surface area contributed by atoms with Crippen LogP contribution in [0.15, 0.2) is 29.4 Å². The molecule has 0 radical (unpaired) electrons. The minimum Gasteiger partial charge on any atom is -0.481 e. The maximum absolute atomic E-state index is 11.7. The van der Waals surface area contributed by atoms with E-state index in [2.05, 4.69) is 4.98 Å². The lowest BCUT2D eigenvalue weighted by Crippen LogP contribution is -2.42. The van der Waals surface area contributed by atoms with Crippen molar-refractivity contribution in [2.45, 2.75) is 17.4 Å². The van der Waals surface area contributed by atoms with E-state index >= 15 is 0 Å². The van der Waals surface area contributed by atoms with Gasteiger partial charge in [-0.15, -0.1) is 0 Å². The standard InChI is InChI=1S/C9H10N2O6S/c12-8(13)4-7(9(14)15)11-18(16,17)6-2-1-3-10-5-6/h1-3,5,7,11H,4H2,(H,12,13)(H,14,15)/t7-/m1/s1. The lowest BCUT2D eigenvalue weighted by Gasteiger charge is -2.12. The molecule has 0 amide bonds. The van der Waals surface area contributed by atoms with E-state index in [-0.39, 0.29) is 4.90 Å². The van der Waals surface area contributed by atoms with Gasteiger partial charge in [-0.1, -0.05) is 0 Å². The molecule has 0 saturated heterocycles. The van der Waals surface area contributed by atoms with Crippen LogP contribution in [0.25, 0.3) is 0 Å². The third-order valence-corrected chi connectivity index (χ3v) is 3.38. The van der Waals surface area contributed by atoms with Crippen LogP contribution < -0.4 is 4.72 Å². The van der Waals surface area contributed by atoms with Gasteiger partial charge in [0.2, 0.25) is 10.0 Å². The largest absolute Gasteiger partial charge is 0.481 e. The summed E-state index contributed by atoms with van der Waals surface area (Å²) in [4.78, 5) is 24.5. The van der Waals surface area contributed by atoms with Crippen LogP contribution in [-0.4, -0.2) is 41.6 Å². The molecule has 1 heterocycles. The highest BCUT2D eigenvalue weighted by molar-refractivity contribution is 7.89. The summed E-state index contributed by atoms with van der Waals surface area (Å²) in [6, 6.07) is 0.851. The Bertz CT molecular complexity index is 541. The highest BCUT2D eigenvalue weighted by atomic mass is 32.2. The number of sulfonamides is 1. The van der Waals surface area contributed by atoms with Crippen LogP contribution in [0, 0.1) is 0 Å². The topological polar surface area (TPSA) is 134 Å². The van der Waals surface area contributed by atoms with Crippen molar-refractivity contribution in [2.75, 3.05) is 0 Å². The number of hydrogen-bond donors (Lipinski definition) is 3. The van der Waals surface area contributed by atoms with Crippen molar-refractivity contribution >= 4 is 22.0 Å². The predicted octanol–water partition coefficient (Wildman–Crippen LogP) is -0.712. The molecule has 0 aliphatic heterocycles. The zero-order valence-electron chi connectivity index (χ0n) is 8.98. The minimum atomic E-state index is -4.11. The zero-order valence-corrected chi connectivity index (χ0v) is 9.79. The molecule has 0 spiro atoms. The summed E-state index contributed by atoms with van der Waals surface area (Å²) in [6.07, 6.45) is 1.53. The van der Waals surface area contributed by atoms with Gasteiger partial charge < -0.3 is 10.2 Å². The second kappa shape index (κ2) is 5.56. The molecule has 0 saturated carbocycles. The Kier molecular flexibility index (Phi) is 4.34. The fourth-order valence-corrected chi connectivity index (χ4v) is 2.27. The molecular weight excluding hydrogens is 264 g/mol. The number of carboxylic acid groups (broad SMARTS) is 2. The Morgan fingerprint density at radius 2 is 2.06 bits per heavy atom. The first-order valence-electron chi connectivity index (χ1n) is 4.70. The maximum atomic E-state index is 11.7. The Morgan fingerprint density at radius 3 is 2.50 bits per heavy atom. The highest BCUT2D eigenvalue weighted by Gasteiger charge is 2.27. The fraction of sp³-hybridized carbons (Fsp3) is 0.222. The van der Waals surface area contributed by atoms with Gasteiger partial charge in [0.05, 0.1) is 6.42 Å². The summed E-state index contributed by atoms with van der Waals surface area (Å²) in [5.41, 5.74) is 0. The fourth-order valence-electron chi connectivity index (χ4n) is 1.12. The van der Waals surface area contributed by atoms with E-state index in [9.17, 15) is 18.0 Å². The minimum absolute atomic E-state index is 0.235. The normalized spacial score (nSPS) is 12.9. The molecule has 0 fully saturated rings. The second-order valence-electron chi connectivity index (χ2n) is 3.30. The van der Waals surface area contributed by atoms with Crippen LogP contribution in [0.2, 0.25) is 0 Å². The molecule has 18 heavy (non-hydrogen) atoms. The van der Waals surface area contributed by atoms with E-state index in [4.69, 9.17) is 10.2 Å². The highest BCUT2D eigenvalue weighted by Crippen LogP contribution is 2.07. The number of aromatic nitrogens is 1. The molecule has 98 valence electrons. The van der Waals surface area contributed by atoms with Crippen molar-refractivity contribution in [3.8, 4) is 0 Å². The van der Waals surface area contributed by atoms with Gasteiger partial charge in [0, 0.05) is 12.4 Å². The number of nitrogens with one attached hydrogen (secondary N) is 1. The molecule has 1 aromatic heterocycles. The quantitative estimate of drug-likeness (QED) is 0.623. The number of hydrogen-bond acceptors (Lipinski definition) is 5. The first-order valence-corrected chi connectivity index (χ1v) is 6.18. The Balaban J connectivity index is 2.93. The zero-order chi connectivity index (χ0) is 13.8. The van der Waals surface area contributed by atoms with E-state index in [1.807, 2.05) is 0 Å². The Labute approximate surface area is 102 Å². The summed E-state index contributed by atoms with van der Waals surface area (Å²) < 4.78 is 25.2. The lowest BCUT2D eigenvalue weighted by atomic mass is 10.2. The second-order valence-corrected chi connectivity index (χ2v) is 5.01. The monoisotopic (exact) mass is 274 g/mol. The predicted molar refractivity (Wildman–Crippen MR) is 58.2 cm³/mol. The molecule has 0 aliphatic rings. The third-order valence-electron chi connectivity index (χ3n) is 1.92. The number of carboxylic acids is 2. The van der Waals surface area contributed by atoms with E-state index in [0.717, 1.165) is 6.20 Å². The molecule has 0 aromatic carbocycles. The Morgan fingerprint density at radius 1 is 1.39 bits per heavy atom. The molecular formula is C9H10N2O6S. The van der Waals surface area contributed by atoms with Gasteiger partial charge in [-0.25, -0.2) is 8.42 Å². The summed E-state index contributed by atoms with van der Waals surface area (Å²) >= 11 is 0. The molecule has 0 bridgehead atoms. The first kappa shape index (κ1) is 14.1. The summed E-state index contributed by atoms with van der Waals surface area (Å²) in [7, 11) is -4.11. The van der Waals surface area contributed by atoms with E-state index in [1.54, 1.807) is 4.72 Å². The van der Waals surface area contributed by atoms with Crippen LogP contribution in [0.1, 0.15) is 6.42 Å². The van der Waals surface area contributed by atoms with Crippen molar-refractivity contribution < 1.29 is 28.2 Å². The van der Waals surface area contributed by atoms with Gasteiger partial charge in [0.25, 0.3) is 0 Å². The van der Waals surface area contributed by atoms with E-state index < -0.39 is 34.4 Å². The number of rotatable bonds is 6. The molecule has 0 unspecified atom stereocenters. The average Bonchev–Trinajstić information content (AvgIpc) is 2.28.